The van der Waals surface area contributed by atoms with Crippen molar-refractivity contribution in [3.8, 4) is 33.8 Å². The predicted octanol–water partition coefficient (Wildman–Crippen LogP) is 19.5. The summed E-state index contributed by atoms with van der Waals surface area (Å²) in [7, 11) is 0. The Morgan fingerprint density at radius 3 is 0.833 bits per heavy atom. The summed E-state index contributed by atoms with van der Waals surface area (Å²) in [6.07, 6.45) is 0. The van der Waals surface area contributed by atoms with E-state index >= 15 is 0 Å². The molecule has 0 spiro atoms. The fourth-order valence-corrected chi connectivity index (χ4v) is 9.76. The summed E-state index contributed by atoms with van der Waals surface area (Å²) in [5, 5.41) is 4.83. The molecule has 12 aromatic rings. The Kier molecular flexibility index (Phi) is 12.0. The molecule has 72 heavy (non-hydrogen) atoms. The van der Waals surface area contributed by atoms with Crippen LogP contribution in [0.1, 0.15) is 0 Å². The minimum atomic E-state index is 0.762. The highest BCUT2D eigenvalue weighted by molar-refractivity contribution is 6.00. The van der Waals surface area contributed by atoms with Crippen LogP contribution in [0.5, 0.6) is 11.5 Å². The van der Waals surface area contributed by atoms with Crippen LogP contribution in [0.15, 0.2) is 297 Å². The van der Waals surface area contributed by atoms with E-state index in [2.05, 4.69) is 288 Å². The van der Waals surface area contributed by atoms with Crippen LogP contribution >= 0.6 is 0 Å². The minimum absolute atomic E-state index is 0.762. The molecular formula is C68H49N3O. The van der Waals surface area contributed by atoms with Gasteiger partial charge in [-0.2, -0.15) is 0 Å². The van der Waals surface area contributed by atoms with Crippen LogP contribution in [0.3, 0.4) is 0 Å². The monoisotopic (exact) mass is 923 g/mol. The molecule has 0 fully saturated rings. The molecule has 0 N–H and O–H groups in total. The lowest BCUT2D eigenvalue weighted by atomic mass is 9.99. The van der Waals surface area contributed by atoms with E-state index in [0.29, 0.717) is 0 Å². The third kappa shape index (κ3) is 8.93. The van der Waals surface area contributed by atoms with Gasteiger partial charge in [0, 0.05) is 50.6 Å². The van der Waals surface area contributed by atoms with Gasteiger partial charge < -0.3 is 19.4 Å². The SMILES string of the molecule is c1ccc(N(c2ccc(Oc3ccc(N(c4ccccc4)c4cccc5ccccc45)cc3)cc2)c2ccc(-c3ccc(-c4ccc(N(c5ccccc5)c5cccc6ccccc56)cc4)cc3)cc2)cc1. The average Bonchev–Trinajstić information content (AvgIpc) is 3.46. The standard InChI is InChI=1S/C68H49N3O/c1-4-20-56(21-5-1)69(60-42-46-63(47-43-60)72-64-48-44-62(45-49-64)71(58-24-8-3-9-25-58)68-29-15-19-55-17-11-13-27-66(55)68)59-38-34-52(35-39-59)50-30-32-51(33-31-50)53-36-40-61(41-37-53)70(57-22-6-2-7-23-57)67-28-14-18-54-16-10-12-26-65(54)67/h1-49H. The summed E-state index contributed by atoms with van der Waals surface area (Å²) in [6, 6.07) is 105. The summed E-state index contributed by atoms with van der Waals surface area (Å²) >= 11 is 0. The van der Waals surface area contributed by atoms with E-state index in [-0.39, 0.29) is 0 Å². The van der Waals surface area contributed by atoms with E-state index in [0.717, 1.165) is 73.8 Å². The number of rotatable bonds is 13. The van der Waals surface area contributed by atoms with Gasteiger partial charge in [-0.3, -0.25) is 0 Å². The Balaban J connectivity index is 0.760. The molecule has 0 heterocycles. The van der Waals surface area contributed by atoms with Gasteiger partial charge in [-0.15, -0.1) is 0 Å². The number of fused-ring (bicyclic) bond motifs is 2. The molecule has 0 radical (unpaired) electrons. The zero-order valence-electron chi connectivity index (χ0n) is 39.5. The van der Waals surface area contributed by atoms with Crippen molar-refractivity contribution >= 4 is 72.7 Å². The number of anilines is 9. The van der Waals surface area contributed by atoms with Crippen molar-refractivity contribution < 1.29 is 4.74 Å². The smallest absolute Gasteiger partial charge is 0.127 e. The molecule has 0 aromatic heterocycles. The topological polar surface area (TPSA) is 19.0 Å². The molecule has 0 unspecified atom stereocenters. The second-order valence-corrected chi connectivity index (χ2v) is 17.8. The second kappa shape index (κ2) is 19.8. The van der Waals surface area contributed by atoms with Crippen molar-refractivity contribution in [1.29, 1.82) is 0 Å². The first kappa shape index (κ1) is 43.6. The van der Waals surface area contributed by atoms with E-state index in [1.807, 2.05) is 24.3 Å². The van der Waals surface area contributed by atoms with Crippen LogP contribution in [-0.4, -0.2) is 0 Å². The molecule has 0 amide bonds. The number of hydrogen-bond donors (Lipinski definition) is 0. The van der Waals surface area contributed by atoms with E-state index in [1.165, 1.54) is 32.7 Å². The van der Waals surface area contributed by atoms with Crippen molar-refractivity contribution in [3.63, 3.8) is 0 Å². The van der Waals surface area contributed by atoms with Gasteiger partial charge in [0.2, 0.25) is 0 Å². The maximum absolute atomic E-state index is 6.46. The highest BCUT2D eigenvalue weighted by Gasteiger charge is 2.18. The zero-order valence-corrected chi connectivity index (χ0v) is 39.5. The molecule has 0 bridgehead atoms. The Labute approximate surface area is 421 Å². The normalized spacial score (nSPS) is 11.1. The molecule has 0 saturated heterocycles. The predicted molar refractivity (Wildman–Crippen MR) is 303 cm³/mol. The molecule has 12 aromatic carbocycles. The van der Waals surface area contributed by atoms with Crippen LogP contribution in [0.2, 0.25) is 0 Å². The van der Waals surface area contributed by atoms with E-state index in [1.54, 1.807) is 0 Å². The molecule has 4 nitrogen and oxygen atoms in total. The summed E-state index contributed by atoms with van der Waals surface area (Å²) < 4.78 is 6.46. The largest absolute Gasteiger partial charge is 0.457 e. The van der Waals surface area contributed by atoms with Gasteiger partial charge in [-0.1, -0.05) is 176 Å². The van der Waals surface area contributed by atoms with Crippen molar-refractivity contribution in [3.05, 3.63) is 297 Å². The van der Waals surface area contributed by atoms with Gasteiger partial charge in [0.25, 0.3) is 0 Å². The van der Waals surface area contributed by atoms with Gasteiger partial charge in [-0.05, 0) is 154 Å². The first-order valence-corrected chi connectivity index (χ1v) is 24.4. The third-order valence-corrected chi connectivity index (χ3v) is 13.3. The van der Waals surface area contributed by atoms with Crippen LogP contribution in [0.25, 0.3) is 43.8 Å². The molecule has 0 aliphatic heterocycles. The van der Waals surface area contributed by atoms with Crippen LogP contribution in [0, 0.1) is 0 Å². The van der Waals surface area contributed by atoms with Gasteiger partial charge in [0.05, 0.1) is 11.4 Å². The summed E-state index contributed by atoms with van der Waals surface area (Å²) in [5.41, 5.74) is 14.5. The lowest BCUT2D eigenvalue weighted by Gasteiger charge is -2.27. The first-order chi connectivity index (χ1) is 35.7. The molecule has 0 aliphatic carbocycles. The molecule has 0 aliphatic rings. The van der Waals surface area contributed by atoms with Crippen LogP contribution < -0.4 is 19.4 Å². The molecule has 0 saturated carbocycles. The van der Waals surface area contributed by atoms with E-state index in [9.17, 15) is 0 Å². The number of hydrogen-bond acceptors (Lipinski definition) is 4. The summed E-state index contributed by atoms with van der Waals surface area (Å²) in [6.45, 7) is 0. The fraction of sp³-hybridized carbons (Fsp3) is 0. The molecule has 0 atom stereocenters. The Morgan fingerprint density at radius 2 is 0.458 bits per heavy atom. The summed E-state index contributed by atoms with van der Waals surface area (Å²) in [5.74, 6) is 1.53. The Bertz CT molecular complexity index is 3720. The number of nitrogens with zero attached hydrogens (tertiary/aromatic N) is 3. The fourth-order valence-electron chi connectivity index (χ4n) is 9.76. The van der Waals surface area contributed by atoms with E-state index < -0.39 is 0 Å². The minimum Gasteiger partial charge on any atom is -0.457 e. The highest BCUT2D eigenvalue weighted by atomic mass is 16.5. The Hall–Kier alpha value is -9.64. The number of ether oxygens (including phenoxy) is 1. The number of benzene rings is 12. The van der Waals surface area contributed by atoms with Crippen LogP contribution in [-0.2, 0) is 0 Å². The molecule has 4 heteroatoms. The Morgan fingerprint density at radius 1 is 0.194 bits per heavy atom. The van der Waals surface area contributed by atoms with Gasteiger partial charge >= 0.3 is 0 Å². The van der Waals surface area contributed by atoms with Gasteiger partial charge in [0.1, 0.15) is 11.5 Å². The molecular weight excluding hydrogens is 875 g/mol. The van der Waals surface area contributed by atoms with Crippen molar-refractivity contribution in [2.24, 2.45) is 0 Å². The van der Waals surface area contributed by atoms with E-state index in [4.69, 9.17) is 4.74 Å². The quantitative estimate of drug-likeness (QED) is 0.115. The lowest BCUT2D eigenvalue weighted by Crippen LogP contribution is -2.10. The average molecular weight is 924 g/mol. The lowest BCUT2D eigenvalue weighted by molar-refractivity contribution is 0.483. The maximum atomic E-state index is 6.46. The van der Waals surface area contributed by atoms with Gasteiger partial charge in [-0.25, -0.2) is 0 Å². The van der Waals surface area contributed by atoms with Crippen molar-refractivity contribution in [2.75, 3.05) is 14.7 Å². The third-order valence-electron chi connectivity index (χ3n) is 13.3. The second-order valence-electron chi connectivity index (χ2n) is 17.8. The number of para-hydroxylation sites is 3. The molecule has 12 rings (SSSR count). The zero-order chi connectivity index (χ0) is 48.1. The van der Waals surface area contributed by atoms with Crippen LogP contribution in [0.4, 0.5) is 51.2 Å². The van der Waals surface area contributed by atoms with Gasteiger partial charge in [0.15, 0.2) is 0 Å². The highest BCUT2D eigenvalue weighted by Crippen LogP contribution is 2.42. The summed E-state index contributed by atoms with van der Waals surface area (Å²) in [4.78, 5) is 6.92. The molecule has 342 valence electrons. The maximum Gasteiger partial charge on any atom is 0.127 e. The first-order valence-electron chi connectivity index (χ1n) is 24.4. The van der Waals surface area contributed by atoms with Crippen molar-refractivity contribution in [1.82, 2.24) is 0 Å². The van der Waals surface area contributed by atoms with Crippen molar-refractivity contribution in [2.45, 2.75) is 0 Å².